The van der Waals surface area contributed by atoms with Crippen LogP contribution in [0, 0.1) is 5.92 Å². The molecule has 0 radical (unpaired) electrons. The summed E-state index contributed by atoms with van der Waals surface area (Å²) in [7, 11) is 0. The first-order chi connectivity index (χ1) is 15.7. The second kappa shape index (κ2) is 7.52. The van der Waals surface area contributed by atoms with E-state index in [9.17, 15) is 19.5 Å². The van der Waals surface area contributed by atoms with Crippen LogP contribution in [0.4, 0.5) is 0 Å². The third-order valence-electron chi connectivity index (χ3n) is 7.17. The SMILES string of the molecule is CC(C)C(C)N1C(=O)c2ccc3c4c(ccc(c24)C1=O)C(O)N(C(C)c1ccccc1)C3=O. The Labute approximate surface area is 192 Å². The maximum atomic E-state index is 13.6. The highest BCUT2D eigenvalue weighted by molar-refractivity contribution is 6.28. The van der Waals surface area contributed by atoms with E-state index in [-0.39, 0.29) is 35.7 Å². The highest BCUT2D eigenvalue weighted by Crippen LogP contribution is 2.44. The molecule has 2 aliphatic heterocycles. The van der Waals surface area contributed by atoms with Gasteiger partial charge in [0.2, 0.25) is 0 Å². The van der Waals surface area contributed by atoms with Gasteiger partial charge in [0.15, 0.2) is 6.23 Å². The van der Waals surface area contributed by atoms with E-state index < -0.39 is 6.23 Å². The summed E-state index contributed by atoms with van der Waals surface area (Å²) >= 11 is 0. The smallest absolute Gasteiger partial charge is 0.261 e. The number of aliphatic hydroxyl groups is 1. The summed E-state index contributed by atoms with van der Waals surface area (Å²) < 4.78 is 0. The molecule has 0 saturated carbocycles. The van der Waals surface area contributed by atoms with Gasteiger partial charge in [-0.2, -0.15) is 0 Å². The molecule has 3 unspecified atom stereocenters. The lowest BCUT2D eigenvalue weighted by Gasteiger charge is -2.40. The van der Waals surface area contributed by atoms with Gasteiger partial charge in [-0.1, -0.05) is 50.2 Å². The van der Waals surface area contributed by atoms with Crippen LogP contribution in [0.25, 0.3) is 10.8 Å². The van der Waals surface area contributed by atoms with Crippen molar-refractivity contribution in [2.24, 2.45) is 5.92 Å². The van der Waals surface area contributed by atoms with E-state index in [1.54, 1.807) is 24.3 Å². The Morgan fingerprint density at radius 1 is 0.727 bits per heavy atom. The minimum Gasteiger partial charge on any atom is -0.369 e. The molecule has 3 amide bonds. The molecule has 0 bridgehead atoms. The molecule has 2 heterocycles. The average molecular weight is 443 g/mol. The third kappa shape index (κ3) is 2.94. The fraction of sp³-hybridized carbons (Fsp3) is 0.296. The molecule has 3 aromatic rings. The quantitative estimate of drug-likeness (QED) is 0.595. The molecule has 0 saturated heterocycles. The van der Waals surface area contributed by atoms with Crippen molar-refractivity contribution < 1.29 is 19.5 Å². The minimum atomic E-state index is -1.19. The third-order valence-corrected chi connectivity index (χ3v) is 7.17. The Morgan fingerprint density at radius 3 is 1.85 bits per heavy atom. The summed E-state index contributed by atoms with van der Waals surface area (Å²) in [6.45, 7) is 7.68. The Kier molecular flexibility index (Phi) is 4.87. The van der Waals surface area contributed by atoms with Gasteiger partial charge < -0.3 is 10.0 Å². The van der Waals surface area contributed by atoms with Gasteiger partial charge in [-0.25, -0.2) is 0 Å². The van der Waals surface area contributed by atoms with Crippen LogP contribution >= 0.6 is 0 Å². The lowest BCUT2D eigenvalue weighted by Crippen LogP contribution is -2.48. The van der Waals surface area contributed by atoms with Gasteiger partial charge in [-0.3, -0.25) is 19.3 Å². The number of nitrogens with zero attached hydrogens (tertiary/aromatic N) is 2. The number of imide groups is 1. The molecule has 3 aromatic carbocycles. The minimum absolute atomic E-state index is 0.101. The summed E-state index contributed by atoms with van der Waals surface area (Å²) in [6, 6.07) is 15.6. The summed E-state index contributed by atoms with van der Waals surface area (Å²) in [5.41, 5.74) is 2.61. The molecular weight excluding hydrogens is 416 g/mol. The molecule has 0 aromatic heterocycles. The summed E-state index contributed by atoms with van der Waals surface area (Å²) in [4.78, 5) is 43.0. The van der Waals surface area contributed by atoms with Crippen LogP contribution in [-0.2, 0) is 0 Å². The van der Waals surface area contributed by atoms with Crippen LogP contribution in [0.3, 0.4) is 0 Å². The van der Waals surface area contributed by atoms with Crippen molar-refractivity contribution in [3.63, 3.8) is 0 Å². The van der Waals surface area contributed by atoms with Crippen molar-refractivity contribution in [1.29, 1.82) is 0 Å². The summed E-state index contributed by atoms with van der Waals surface area (Å²) in [5.74, 6) is -0.949. The number of hydrogen-bond acceptors (Lipinski definition) is 4. The molecule has 1 N–H and O–H groups in total. The number of rotatable bonds is 4. The zero-order valence-electron chi connectivity index (χ0n) is 19.1. The standard InChI is InChI=1S/C27H26N2O4/c1-14(2)15(3)28-24(30)18-10-12-20-23-21(13-11-19(22(18)23)25(28)31)27(33)29(26(20)32)16(4)17-8-6-5-7-9-17/h5-16,26,32H,1-4H3. The maximum absolute atomic E-state index is 13.6. The monoisotopic (exact) mass is 442 g/mol. The number of amides is 3. The van der Waals surface area contributed by atoms with E-state index in [0.29, 0.717) is 33.0 Å². The Bertz CT molecular complexity index is 1290. The van der Waals surface area contributed by atoms with Crippen LogP contribution in [0.2, 0.25) is 0 Å². The van der Waals surface area contributed by atoms with Gasteiger partial charge in [-0.15, -0.1) is 0 Å². The van der Waals surface area contributed by atoms with Crippen molar-refractivity contribution in [2.75, 3.05) is 0 Å². The number of benzene rings is 3. The zero-order chi connectivity index (χ0) is 23.6. The van der Waals surface area contributed by atoms with Crippen molar-refractivity contribution in [3.8, 4) is 0 Å². The molecule has 5 rings (SSSR count). The van der Waals surface area contributed by atoms with Gasteiger partial charge in [0.05, 0.1) is 6.04 Å². The van der Waals surface area contributed by atoms with Gasteiger partial charge in [0.25, 0.3) is 17.7 Å². The maximum Gasteiger partial charge on any atom is 0.261 e. The van der Waals surface area contributed by atoms with Gasteiger partial charge in [-0.05, 0) is 43.5 Å². The van der Waals surface area contributed by atoms with Crippen molar-refractivity contribution in [3.05, 3.63) is 82.4 Å². The fourth-order valence-corrected chi connectivity index (χ4v) is 4.97. The second-order valence-electron chi connectivity index (χ2n) is 9.25. The first-order valence-corrected chi connectivity index (χ1v) is 11.3. The van der Waals surface area contributed by atoms with Crippen LogP contribution in [0.15, 0.2) is 54.6 Å². The van der Waals surface area contributed by atoms with Gasteiger partial charge >= 0.3 is 0 Å². The Hall–Kier alpha value is -3.51. The molecular formula is C27H26N2O4. The highest BCUT2D eigenvalue weighted by atomic mass is 16.3. The molecule has 6 heteroatoms. The van der Waals surface area contributed by atoms with Gasteiger partial charge in [0, 0.05) is 39.1 Å². The van der Waals surface area contributed by atoms with Crippen LogP contribution in [0.5, 0.6) is 0 Å². The topological polar surface area (TPSA) is 77.9 Å². The van der Waals surface area contributed by atoms with E-state index in [1.165, 1.54) is 9.80 Å². The Morgan fingerprint density at radius 2 is 1.27 bits per heavy atom. The van der Waals surface area contributed by atoms with E-state index >= 15 is 0 Å². The molecule has 6 nitrogen and oxygen atoms in total. The van der Waals surface area contributed by atoms with Gasteiger partial charge in [0.1, 0.15) is 0 Å². The first-order valence-electron chi connectivity index (χ1n) is 11.3. The summed E-state index contributed by atoms with van der Waals surface area (Å²) in [5, 5.41) is 12.2. The second-order valence-corrected chi connectivity index (χ2v) is 9.25. The predicted octanol–water partition coefficient (Wildman–Crippen LogP) is 4.69. The van der Waals surface area contributed by atoms with E-state index in [4.69, 9.17) is 0 Å². The van der Waals surface area contributed by atoms with Crippen LogP contribution in [0.1, 0.15) is 82.2 Å². The molecule has 2 aliphatic rings. The normalized spacial score (nSPS) is 19.5. The lowest BCUT2D eigenvalue weighted by molar-refractivity contribution is -0.0131. The molecule has 33 heavy (non-hydrogen) atoms. The highest BCUT2D eigenvalue weighted by Gasteiger charge is 2.42. The molecule has 168 valence electrons. The van der Waals surface area contributed by atoms with Crippen molar-refractivity contribution in [1.82, 2.24) is 9.80 Å². The number of hydrogen-bond donors (Lipinski definition) is 1. The van der Waals surface area contributed by atoms with E-state index in [0.717, 1.165) is 5.56 Å². The zero-order valence-corrected chi connectivity index (χ0v) is 19.1. The summed E-state index contributed by atoms with van der Waals surface area (Å²) in [6.07, 6.45) is -1.19. The van der Waals surface area contributed by atoms with Crippen LogP contribution in [-0.4, -0.2) is 38.7 Å². The average Bonchev–Trinajstić information content (AvgIpc) is 2.81. The molecule has 0 spiro atoms. The largest absolute Gasteiger partial charge is 0.369 e. The fourth-order valence-electron chi connectivity index (χ4n) is 4.97. The van der Waals surface area contributed by atoms with Crippen molar-refractivity contribution in [2.45, 2.75) is 46.0 Å². The van der Waals surface area contributed by atoms with E-state index in [2.05, 4.69) is 0 Å². The van der Waals surface area contributed by atoms with E-state index in [1.807, 2.05) is 58.0 Å². The molecule has 0 aliphatic carbocycles. The predicted molar refractivity (Wildman–Crippen MR) is 125 cm³/mol. The molecule has 0 fully saturated rings. The van der Waals surface area contributed by atoms with Crippen LogP contribution < -0.4 is 0 Å². The van der Waals surface area contributed by atoms with Crippen molar-refractivity contribution >= 4 is 28.5 Å². The first kappa shape index (κ1) is 21.3. The number of carbonyl (C=O) groups excluding carboxylic acids is 3. The number of carbonyl (C=O) groups is 3. The Balaban J connectivity index is 1.68. The number of aliphatic hydroxyl groups excluding tert-OH is 1. The molecule has 3 atom stereocenters. The lowest BCUT2D eigenvalue weighted by atomic mass is 9.84.